The Labute approximate surface area is 136 Å². The van der Waals surface area contributed by atoms with Crippen LogP contribution in [0.15, 0.2) is 23.6 Å². The molecule has 118 valence electrons. The normalized spacial score (nSPS) is 12.1. The van der Waals surface area contributed by atoms with Crippen LogP contribution in [0.3, 0.4) is 0 Å². The summed E-state index contributed by atoms with van der Waals surface area (Å²) in [5, 5.41) is 13.6. The highest BCUT2D eigenvalue weighted by Crippen LogP contribution is 2.29. The third-order valence-corrected chi connectivity index (χ3v) is 4.19. The molecule has 0 fully saturated rings. The SMILES string of the molecule is CCOC(C)c1nc(COc2ccc([N+](=O)[O-])cc2Cl)cs1. The molecule has 1 aromatic heterocycles. The van der Waals surface area contributed by atoms with Crippen LogP contribution in [0.5, 0.6) is 5.75 Å². The zero-order chi connectivity index (χ0) is 16.1. The molecular weight excluding hydrogens is 328 g/mol. The van der Waals surface area contributed by atoms with Crippen molar-refractivity contribution in [1.29, 1.82) is 0 Å². The lowest BCUT2D eigenvalue weighted by Crippen LogP contribution is -2.01. The summed E-state index contributed by atoms with van der Waals surface area (Å²) in [5.74, 6) is 0.389. The number of benzene rings is 1. The van der Waals surface area contributed by atoms with Crippen LogP contribution >= 0.6 is 22.9 Å². The molecule has 0 saturated heterocycles. The minimum Gasteiger partial charge on any atom is -0.486 e. The Morgan fingerprint density at radius 1 is 1.50 bits per heavy atom. The molecule has 1 atom stereocenters. The predicted molar refractivity (Wildman–Crippen MR) is 84.6 cm³/mol. The first-order valence-electron chi connectivity index (χ1n) is 6.64. The van der Waals surface area contributed by atoms with Gasteiger partial charge in [0, 0.05) is 24.1 Å². The van der Waals surface area contributed by atoms with Crippen molar-refractivity contribution < 1.29 is 14.4 Å². The fraction of sp³-hybridized carbons (Fsp3) is 0.357. The quantitative estimate of drug-likeness (QED) is 0.551. The van der Waals surface area contributed by atoms with Crippen molar-refractivity contribution in [2.45, 2.75) is 26.6 Å². The first kappa shape index (κ1) is 16.7. The molecule has 1 aromatic carbocycles. The fourth-order valence-electron chi connectivity index (χ4n) is 1.77. The molecule has 0 amide bonds. The Morgan fingerprint density at radius 2 is 2.27 bits per heavy atom. The molecule has 22 heavy (non-hydrogen) atoms. The molecule has 0 spiro atoms. The molecule has 1 unspecified atom stereocenters. The fourth-order valence-corrected chi connectivity index (χ4v) is 2.81. The van der Waals surface area contributed by atoms with Crippen molar-refractivity contribution in [3.05, 3.63) is 49.4 Å². The predicted octanol–water partition coefficient (Wildman–Crippen LogP) is 4.38. The van der Waals surface area contributed by atoms with Gasteiger partial charge in [0.2, 0.25) is 0 Å². The van der Waals surface area contributed by atoms with Gasteiger partial charge < -0.3 is 9.47 Å². The molecule has 0 aliphatic carbocycles. The Morgan fingerprint density at radius 3 is 2.91 bits per heavy atom. The highest BCUT2D eigenvalue weighted by molar-refractivity contribution is 7.09. The summed E-state index contributed by atoms with van der Waals surface area (Å²) in [6, 6.07) is 4.10. The second-order valence-electron chi connectivity index (χ2n) is 4.44. The van der Waals surface area contributed by atoms with Crippen LogP contribution in [-0.2, 0) is 11.3 Å². The molecule has 0 N–H and O–H groups in total. The molecule has 0 radical (unpaired) electrons. The maximum Gasteiger partial charge on any atom is 0.271 e. The molecule has 2 aromatic rings. The van der Waals surface area contributed by atoms with Gasteiger partial charge in [0.1, 0.15) is 23.5 Å². The zero-order valence-electron chi connectivity index (χ0n) is 12.1. The van der Waals surface area contributed by atoms with E-state index in [1.165, 1.54) is 29.5 Å². The molecule has 0 aliphatic rings. The van der Waals surface area contributed by atoms with E-state index in [2.05, 4.69) is 4.98 Å². The summed E-state index contributed by atoms with van der Waals surface area (Å²) < 4.78 is 11.0. The summed E-state index contributed by atoms with van der Waals surface area (Å²) in [4.78, 5) is 14.6. The second kappa shape index (κ2) is 7.53. The van der Waals surface area contributed by atoms with E-state index >= 15 is 0 Å². The van der Waals surface area contributed by atoms with Gasteiger partial charge >= 0.3 is 0 Å². The smallest absolute Gasteiger partial charge is 0.271 e. The maximum absolute atomic E-state index is 10.6. The topological polar surface area (TPSA) is 74.5 Å². The number of hydrogen-bond donors (Lipinski definition) is 0. The lowest BCUT2D eigenvalue weighted by molar-refractivity contribution is -0.384. The van der Waals surface area contributed by atoms with Gasteiger partial charge in [0.05, 0.1) is 15.6 Å². The van der Waals surface area contributed by atoms with Crippen molar-refractivity contribution in [2.24, 2.45) is 0 Å². The second-order valence-corrected chi connectivity index (χ2v) is 5.73. The molecule has 2 rings (SSSR count). The van der Waals surface area contributed by atoms with E-state index < -0.39 is 4.92 Å². The monoisotopic (exact) mass is 342 g/mol. The highest BCUT2D eigenvalue weighted by atomic mass is 35.5. The van der Waals surface area contributed by atoms with E-state index in [-0.39, 0.29) is 23.4 Å². The molecule has 0 aliphatic heterocycles. The number of hydrogen-bond acceptors (Lipinski definition) is 6. The number of halogens is 1. The highest BCUT2D eigenvalue weighted by Gasteiger charge is 2.13. The van der Waals surface area contributed by atoms with Crippen LogP contribution in [0.4, 0.5) is 5.69 Å². The van der Waals surface area contributed by atoms with Gasteiger partial charge in [-0.1, -0.05) is 11.6 Å². The number of ether oxygens (including phenoxy) is 2. The van der Waals surface area contributed by atoms with Crippen LogP contribution in [0, 0.1) is 10.1 Å². The maximum atomic E-state index is 10.6. The average Bonchev–Trinajstić information content (AvgIpc) is 2.95. The molecule has 1 heterocycles. The van der Waals surface area contributed by atoms with Crippen LogP contribution in [0.25, 0.3) is 0 Å². The first-order valence-corrected chi connectivity index (χ1v) is 7.89. The summed E-state index contributed by atoms with van der Waals surface area (Å²) in [6.07, 6.45) is -0.0493. The van der Waals surface area contributed by atoms with Gasteiger partial charge in [-0.05, 0) is 19.9 Å². The van der Waals surface area contributed by atoms with Crippen LogP contribution in [-0.4, -0.2) is 16.5 Å². The molecule has 8 heteroatoms. The van der Waals surface area contributed by atoms with Crippen LogP contribution in [0.1, 0.15) is 30.7 Å². The van der Waals surface area contributed by atoms with Gasteiger partial charge in [-0.3, -0.25) is 10.1 Å². The van der Waals surface area contributed by atoms with Crippen molar-refractivity contribution in [2.75, 3.05) is 6.61 Å². The van der Waals surface area contributed by atoms with E-state index in [0.29, 0.717) is 12.4 Å². The van der Waals surface area contributed by atoms with Crippen molar-refractivity contribution in [3.63, 3.8) is 0 Å². The number of rotatable bonds is 7. The van der Waals surface area contributed by atoms with E-state index in [9.17, 15) is 10.1 Å². The number of aromatic nitrogens is 1. The Bertz CT molecular complexity index is 662. The van der Waals surface area contributed by atoms with Crippen molar-refractivity contribution in [3.8, 4) is 5.75 Å². The van der Waals surface area contributed by atoms with Crippen molar-refractivity contribution in [1.82, 2.24) is 4.98 Å². The van der Waals surface area contributed by atoms with Gasteiger partial charge in [-0.2, -0.15) is 0 Å². The number of nitrogens with zero attached hydrogens (tertiary/aromatic N) is 2. The van der Waals surface area contributed by atoms with Gasteiger partial charge in [0.25, 0.3) is 5.69 Å². The first-order chi connectivity index (χ1) is 10.5. The number of thiazole rings is 1. The lowest BCUT2D eigenvalue weighted by Gasteiger charge is -2.08. The van der Waals surface area contributed by atoms with E-state index in [0.717, 1.165) is 10.7 Å². The molecule has 0 saturated carbocycles. The summed E-state index contributed by atoms with van der Waals surface area (Å²) in [7, 11) is 0. The average molecular weight is 343 g/mol. The van der Waals surface area contributed by atoms with Crippen LogP contribution < -0.4 is 4.74 Å². The molecule has 6 nitrogen and oxygen atoms in total. The Balaban J connectivity index is 2.00. The third-order valence-electron chi connectivity index (χ3n) is 2.84. The van der Waals surface area contributed by atoms with E-state index in [1.807, 2.05) is 19.2 Å². The van der Waals surface area contributed by atoms with E-state index in [1.54, 1.807) is 0 Å². The van der Waals surface area contributed by atoms with E-state index in [4.69, 9.17) is 21.1 Å². The number of nitro benzene ring substituents is 1. The van der Waals surface area contributed by atoms with Gasteiger partial charge in [-0.25, -0.2) is 4.98 Å². The zero-order valence-corrected chi connectivity index (χ0v) is 13.7. The molecular formula is C14H15ClN2O4S. The minimum absolute atomic E-state index is 0.0493. The summed E-state index contributed by atoms with van der Waals surface area (Å²) in [5.41, 5.74) is 0.694. The van der Waals surface area contributed by atoms with Gasteiger partial charge in [-0.15, -0.1) is 11.3 Å². The summed E-state index contributed by atoms with van der Waals surface area (Å²) in [6.45, 7) is 4.75. The molecule has 0 bridgehead atoms. The van der Waals surface area contributed by atoms with Crippen molar-refractivity contribution >= 4 is 28.6 Å². The minimum atomic E-state index is -0.502. The van der Waals surface area contributed by atoms with Gasteiger partial charge in [0.15, 0.2) is 0 Å². The Hall–Kier alpha value is -1.70. The summed E-state index contributed by atoms with van der Waals surface area (Å²) >= 11 is 7.47. The Kier molecular flexibility index (Phi) is 5.70. The number of non-ortho nitro benzene ring substituents is 1. The number of nitro groups is 1. The van der Waals surface area contributed by atoms with Crippen LogP contribution in [0.2, 0.25) is 5.02 Å². The lowest BCUT2D eigenvalue weighted by atomic mass is 10.3. The largest absolute Gasteiger partial charge is 0.486 e. The standard InChI is InChI=1S/C14H15ClN2O4S/c1-3-20-9(2)14-16-10(8-22-14)7-21-13-5-4-11(17(18)19)6-12(13)15/h4-6,8-9H,3,7H2,1-2H3. The third kappa shape index (κ3) is 4.16.